The molecule has 3 N–H and O–H groups in total. The predicted molar refractivity (Wildman–Crippen MR) is 343 cm³/mol. The first-order chi connectivity index (χ1) is 39.7. The molecule has 0 amide bonds. The topological polar surface area (TPSA) is 140 Å². The molecule has 0 aromatic rings. The molecule has 0 fully saturated rings. The second-order valence-corrected chi connectivity index (χ2v) is 25.4. The van der Waals surface area contributed by atoms with E-state index < -0.39 is 55.0 Å². The number of carbonyl (C=O) groups excluding carboxylic acids is 3. The molecule has 482 valence electrons. The molecule has 0 saturated carbocycles. The molecule has 0 aromatic carbocycles. The number of rotatable bonds is 67. The second kappa shape index (κ2) is 61.4. The molecule has 0 aliphatic carbocycles. The van der Waals surface area contributed by atoms with E-state index in [9.17, 15) is 29.7 Å². The van der Waals surface area contributed by atoms with Gasteiger partial charge in [0.1, 0.15) is 5.41 Å². The molecular formula is C72H140O9. The molecule has 0 saturated heterocycles. The monoisotopic (exact) mass is 1150 g/mol. The van der Waals surface area contributed by atoms with E-state index in [1.165, 1.54) is 276 Å². The Hall–Kier alpha value is -1.71. The van der Waals surface area contributed by atoms with Gasteiger partial charge in [-0.25, -0.2) is 0 Å². The number of aliphatic hydroxyl groups is 3. The minimum atomic E-state index is -2.35. The number of hydrogen-bond donors (Lipinski definition) is 3. The molecule has 9 heteroatoms. The van der Waals surface area contributed by atoms with Crippen LogP contribution in [0.4, 0.5) is 0 Å². The van der Waals surface area contributed by atoms with Crippen molar-refractivity contribution in [3.05, 3.63) is 0 Å². The average molecular weight is 1150 g/mol. The minimum absolute atomic E-state index is 0.0821. The van der Waals surface area contributed by atoms with Gasteiger partial charge in [0.25, 0.3) is 0 Å². The molecule has 81 heavy (non-hydrogen) atoms. The molecule has 0 bridgehead atoms. The van der Waals surface area contributed by atoms with Crippen LogP contribution in [0.15, 0.2) is 0 Å². The third-order valence-corrected chi connectivity index (χ3v) is 17.8. The number of carbonyl (C=O) groups is 3. The lowest BCUT2D eigenvalue weighted by molar-refractivity contribution is -0.336. The highest BCUT2D eigenvalue weighted by Gasteiger charge is 2.51. The first-order valence-electron chi connectivity index (χ1n) is 36.2. The van der Waals surface area contributed by atoms with Crippen molar-refractivity contribution in [1.29, 1.82) is 0 Å². The summed E-state index contributed by atoms with van der Waals surface area (Å²) in [7, 11) is 0. The Kier molecular flexibility index (Phi) is 60.1. The summed E-state index contributed by atoms with van der Waals surface area (Å²) in [5.41, 5.74) is -1.89. The van der Waals surface area contributed by atoms with Gasteiger partial charge in [-0.3, -0.25) is 14.4 Å². The summed E-state index contributed by atoms with van der Waals surface area (Å²) < 4.78 is 17.6. The molecule has 1 unspecified atom stereocenters. The van der Waals surface area contributed by atoms with Crippen LogP contribution in [0, 0.1) is 11.3 Å². The van der Waals surface area contributed by atoms with Crippen LogP contribution in [-0.2, 0) is 28.6 Å². The molecule has 0 aliphatic heterocycles. The second-order valence-electron chi connectivity index (χ2n) is 25.4. The van der Waals surface area contributed by atoms with Gasteiger partial charge >= 0.3 is 23.9 Å². The van der Waals surface area contributed by atoms with Gasteiger partial charge in [0.15, 0.2) is 0 Å². The van der Waals surface area contributed by atoms with Crippen LogP contribution in [-0.4, -0.2) is 59.0 Å². The van der Waals surface area contributed by atoms with Crippen molar-refractivity contribution in [2.24, 2.45) is 11.3 Å². The summed E-state index contributed by atoms with van der Waals surface area (Å²) in [6.07, 6.45) is 69.1. The summed E-state index contributed by atoms with van der Waals surface area (Å²) in [6.45, 7) is 6.43. The molecule has 1 atom stereocenters. The minimum Gasteiger partial charge on any atom is -0.396 e. The lowest BCUT2D eigenvalue weighted by Crippen LogP contribution is -2.53. The third-order valence-electron chi connectivity index (χ3n) is 17.8. The first kappa shape index (κ1) is 79.3. The van der Waals surface area contributed by atoms with E-state index in [1.807, 2.05) is 0 Å². The number of hydrogen-bond acceptors (Lipinski definition) is 9. The van der Waals surface area contributed by atoms with E-state index in [0.717, 1.165) is 57.8 Å². The number of unbranched alkanes of at least 4 members (excludes halogenated alkanes) is 52. The van der Waals surface area contributed by atoms with Crippen molar-refractivity contribution in [3.63, 3.8) is 0 Å². The maximum atomic E-state index is 14.3. The van der Waals surface area contributed by atoms with Gasteiger partial charge in [-0.1, -0.05) is 368 Å². The third kappa shape index (κ3) is 48.1. The molecule has 0 heterocycles. The van der Waals surface area contributed by atoms with E-state index in [1.54, 1.807) is 6.92 Å². The number of ether oxygens (including phenoxy) is 3. The molecule has 0 aromatic heterocycles. The zero-order chi connectivity index (χ0) is 59.3. The Labute approximate surface area is 503 Å². The van der Waals surface area contributed by atoms with E-state index in [-0.39, 0.29) is 19.3 Å². The smallest absolute Gasteiger partial charge is 0.396 e. The zero-order valence-electron chi connectivity index (χ0n) is 54.7. The lowest BCUT2D eigenvalue weighted by atomic mass is 9.74. The molecular weight excluding hydrogens is 1010 g/mol. The van der Waals surface area contributed by atoms with E-state index in [0.29, 0.717) is 25.7 Å². The maximum absolute atomic E-state index is 14.3. The Balaban J connectivity index is 5.07. The highest BCUT2D eigenvalue weighted by atomic mass is 16.9. The van der Waals surface area contributed by atoms with Gasteiger partial charge in [-0.05, 0) is 19.3 Å². The van der Waals surface area contributed by atoms with Crippen LogP contribution >= 0.6 is 0 Å². The van der Waals surface area contributed by atoms with Crippen LogP contribution in [0.25, 0.3) is 0 Å². The van der Waals surface area contributed by atoms with E-state index in [4.69, 9.17) is 14.2 Å². The Morgan fingerprint density at radius 3 is 0.704 bits per heavy atom. The van der Waals surface area contributed by atoms with Crippen molar-refractivity contribution < 1.29 is 43.9 Å². The summed E-state index contributed by atoms with van der Waals surface area (Å²) in [5, 5.41) is 32.2. The molecule has 0 aliphatic rings. The van der Waals surface area contributed by atoms with Crippen molar-refractivity contribution >= 4 is 17.9 Å². The zero-order valence-corrected chi connectivity index (χ0v) is 54.7. The summed E-state index contributed by atoms with van der Waals surface area (Å²) >= 11 is 0. The van der Waals surface area contributed by atoms with Gasteiger partial charge in [0, 0.05) is 25.4 Å². The van der Waals surface area contributed by atoms with E-state index >= 15 is 0 Å². The molecule has 9 nitrogen and oxygen atoms in total. The highest BCUT2D eigenvalue weighted by molar-refractivity contribution is 5.79. The first-order valence-corrected chi connectivity index (χ1v) is 36.2. The van der Waals surface area contributed by atoms with Crippen LogP contribution in [0.5, 0.6) is 0 Å². The molecule has 0 rings (SSSR count). The average Bonchev–Trinajstić information content (AvgIpc) is 3.50. The predicted octanol–water partition coefficient (Wildman–Crippen LogP) is 21.9. The van der Waals surface area contributed by atoms with Gasteiger partial charge in [-0.2, -0.15) is 0 Å². The molecule has 0 spiro atoms. The van der Waals surface area contributed by atoms with Crippen molar-refractivity contribution in [2.75, 3.05) is 19.8 Å². The normalized spacial score (nSPS) is 12.3. The van der Waals surface area contributed by atoms with Crippen molar-refractivity contribution in [1.82, 2.24) is 0 Å². The van der Waals surface area contributed by atoms with Crippen molar-refractivity contribution in [3.8, 4) is 0 Å². The van der Waals surface area contributed by atoms with Gasteiger partial charge in [0.05, 0.1) is 19.6 Å². The fraction of sp³-hybridized carbons (Fsp3) is 0.958. The fourth-order valence-electron chi connectivity index (χ4n) is 11.9. The SMILES string of the molecule is CCCCCCCCCCCCCCCCCCCCCC(=O)OC(CC)(OC(=O)CCCCCCCCCCCCCCCCCCCCC)OC(=O)C(CO)(CO)C(CO)CCCCCCCCCCCCCCCCCCC. The van der Waals surface area contributed by atoms with Gasteiger partial charge < -0.3 is 29.5 Å². The van der Waals surface area contributed by atoms with E-state index in [2.05, 4.69) is 20.8 Å². The lowest BCUT2D eigenvalue weighted by Gasteiger charge is -2.38. The van der Waals surface area contributed by atoms with Crippen LogP contribution in [0.3, 0.4) is 0 Å². The Morgan fingerprint density at radius 1 is 0.296 bits per heavy atom. The molecule has 0 radical (unpaired) electrons. The summed E-state index contributed by atoms with van der Waals surface area (Å²) in [6, 6.07) is 0. The Bertz CT molecular complexity index is 1260. The maximum Gasteiger partial charge on any atom is 0.423 e. The van der Waals surface area contributed by atoms with Crippen molar-refractivity contribution in [2.45, 2.75) is 412 Å². The summed E-state index contributed by atoms with van der Waals surface area (Å²) in [4.78, 5) is 41.3. The van der Waals surface area contributed by atoms with Crippen LogP contribution in [0.2, 0.25) is 0 Å². The van der Waals surface area contributed by atoms with Gasteiger partial charge in [-0.15, -0.1) is 0 Å². The quantitative estimate of drug-likeness (QED) is 0.0308. The van der Waals surface area contributed by atoms with Crippen LogP contribution < -0.4 is 0 Å². The highest BCUT2D eigenvalue weighted by Crippen LogP contribution is 2.36. The summed E-state index contributed by atoms with van der Waals surface area (Å²) in [5.74, 6) is -5.47. The fourth-order valence-corrected chi connectivity index (χ4v) is 11.9. The number of esters is 3. The standard InChI is InChI=1S/C72H140O9/c1-5-9-12-15-18-21-24-27-30-33-35-38-41-44-47-50-53-56-59-62-68(76)79-72(8-4,80-69(77)63-60-57-54-51-48-45-42-39-36-34-31-28-25-22-19-16-13-10-6-2)81-70(78)71(65-74,66-75)67(64-73)61-58-55-52-49-46-43-40-37-32-29-26-23-20-17-14-11-7-3/h67,73-75H,5-66H2,1-4H3. The number of aliphatic hydroxyl groups excluding tert-OH is 3. The largest absolute Gasteiger partial charge is 0.423 e. The van der Waals surface area contributed by atoms with Crippen LogP contribution in [0.1, 0.15) is 407 Å². The Morgan fingerprint density at radius 2 is 0.506 bits per heavy atom. The van der Waals surface area contributed by atoms with Gasteiger partial charge in [0.2, 0.25) is 0 Å².